The Morgan fingerprint density at radius 1 is 0.844 bits per heavy atom. The van der Waals surface area contributed by atoms with E-state index in [0.717, 1.165) is 5.69 Å². The molecule has 0 amide bonds. The van der Waals surface area contributed by atoms with Crippen molar-refractivity contribution in [1.82, 2.24) is 20.4 Å². The number of carbonyl (C=O) groups is 2. The molecule has 2 aromatic heterocycles. The SMILES string of the molecule is COC(=O)c1c(NC(C)(C)C)n[nH]c1C.COC(=O)c1c(Nc2ccccc2)n[nH]c1C. The Kier molecular flexibility index (Phi) is 8.00. The number of aryl methyl sites for hydroxylation is 2. The summed E-state index contributed by atoms with van der Waals surface area (Å²) in [5.74, 6) is 0.218. The lowest BCUT2D eigenvalue weighted by Crippen LogP contribution is -2.27. The first-order chi connectivity index (χ1) is 15.1. The standard InChI is InChI=1S/C12H13N3O2.C10H17N3O2/c1-8-10(12(16)17-2)11(15-14-8)13-9-6-4-3-5-7-9;1-6-7(9(14)15-5)8(13-12-6)11-10(2,3)4/h3-7H,1-2H3,(H2,13,14,15);1-5H3,(H2,11,12,13). The third-order valence-electron chi connectivity index (χ3n) is 4.20. The molecule has 0 bridgehead atoms. The zero-order valence-electron chi connectivity index (χ0n) is 19.4. The number of hydrogen-bond acceptors (Lipinski definition) is 8. The van der Waals surface area contributed by atoms with E-state index >= 15 is 0 Å². The predicted molar refractivity (Wildman–Crippen MR) is 122 cm³/mol. The Hall–Kier alpha value is -3.82. The maximum atomic E-state index is 11.6. The van der Waals surface area contributed by atoms with Gasteiger partial charge in [0.25, 0.3) is 0 Å². The van der Waals surface area contributed by atoms with Gasteiger partial charge in [-0.1, -0.05) is 18.2 Å². The molecule has 3 aromatic rings. The van der Waals surface area contributed by atoms with Gasteiger partial charge in [-0.3, -0.25) is 10.2 Å². The zero-order chi connectivity index (χ0) is 23.9. The van der Waals surface area contributed by atoms with E-state index in [1.165, 1.54) is 14.2 Å². The van der Waals surface area contributed by atoms with Crippen molar-refractivity contribution in [3.8, 4) is 0 Å². The minimum Gasteiger partial charge on any atom is -0.465 e. The number of carbonyl (C=O) groups excluding carboxylic acids is 2. The Balaban J connectivity index is 0.000000229. The lowest BCUT2D eigenvalue weighted by Gasteiger charge is -2.20. The molecule has 10 nitrogen and oxygen atoms in total. The van der Waals surface area contributed by atoms with E-state index in [-0.39, 0.29) is 11.5 Å². The van der Waals surface area contributed by atoms with E-state index in [0.29, 0.717) is 34.2 Å². The Labute approximate surface area is 187 Å². The molecule has 32 heavy (non-hydrogen) atoms. The van der Waals surface area contributed by atoms with Crippen molar-refractivity contribution in [1.29, 1.82) is 0 Å². The molecule has 172 valence electrons. The first-order valence-corrected chi connectivity index (χ1v) is 9.94. The summed E-state index contributed by atoms with van der Waals surface area (Å²) in [4.78, 5) is 23.1. The summed E-state index contributed by atoms with van der Waals surface area (Å²) in [6.45, 7) is 9.55. The normalized spacial score (nSPS) is 10.6. The van der Waals surface area contributed by atoms with Crippen LogP contribution < -0.4 is 10.6 Å². The van der Waals surface area contributed by atoms with Gasteiger partial charge in [0.15, 0.2) is 11.6 Å². The average Bonchev–Trinajstić information content (AvgIpc) is 3.29. The van der Waals surface area contributed by atoms with Crippen molar-refractivity contribution < 1.29 is 19.1 Å². The number of aromatic amines is 2. The summed E-state index contributed by atoms with van der Waals surface area (Å²) >= 11 is 0. The van der Waals surface area contributed by atoms with Crippen LogP contribution >= 0.6 is 0 Å². The van der Waals surface area contributed by atoms with Crippen LogP contribution in [-0.4, -0.2) is 52.1 Å². The summed E-state index contributed by atoms with van der Waals surface area (Å²) < 4.78 is 9.41. The highest BCUT2D eigenvalue weighted by Crippen LogP contribution is 2.22. The van der Waals surface area contributed by atoms with E-state index in [1.807, 2.05) is 51.1 Å². The molecule has 0 aliphatic heterocycles. The highest BCUT2D eigenvalue weighted by atomic mass is 16.5. The minimum absolute atomic E-state index is 0.148. The van der Waals surface area contributed by atoms with Crippen LogP contribution in [0.15, 0.2) is 30.3 Å². The molecular formula is C22H30N6O4. The van der Waals surface area contributed by atoms with Gasteiger partial charge in [-0.25, -0.2) is 9.59 Å². The number of anilines is 3. The van der Waals surface area contributed by atoms with Gasteiger partial charge in [-0.2, -0.15) is 10.2 Å². The van der Waals surface area contributed by atoms with Gasteiger partial charge in [0.2, 0.25) is 0 Å². The van der Waals surface area contributed by atoms with E-state index in [9.17, 15) is 9.59 Å². The molecule has 2 heterocycles. The summed E-state index contributed by atoms with van der Waals surface area (Å²) in [7, 11) is 2.71. The summed E-state index contributed by atoms with van der Waals surface area (Å²) in [5, 5.41) is 19.8. The molecule has 0 aliphatic carbocycles. The maximum Gasteiger partial charge on any atom is 0.343 e. The van der Waals surface area contributed by atoms with Gasteiger partial charge in [0.05, 0.1) is 14.2 Å². The first kappa shape index (κ1) is 24.4. The molecule has 4 N–H and O–H groups in total. The lowest BCUT2D eigenvalue weighted by atomic mass is 10.1. The fourth-order valence-electron chi connectivity index (χ4n) is 2.76. The molecule has 0 atom stereocenters. The minimum atomic E-state index is -0.408. The van der Waals surface area contributed by atoms with Gasteiger partial charge in [0, 0.05) is 22.6 Å². The molecule has 0 fully saturated rings. The number of nitrogens with one attached hydrogen (secondary N) is 4. The number of rotatable bonds is 5. The zero-order valence-corrected chi connectivity index (χ0v) is 19.4. The number of nitrogens with zero attached hydrogens (tertiary/aromatic N) is 2. The van der Waals surface area contributed by atoms with Crippen LogP contribution in [0.3, 0.4) is 0 Å². The molecule has 0 aliphatic rings. The first-order valence-electron chi connectivity index (χ1n) is 9.94. The molecule has 0 unspecified atom stereocenters. The summed E-state index contributed by atoms with van der Waals surface area (Å²) in [6.07, 6.45) is 0. The topological polar surface area (TPSA) is 134 Å². The second kappa shape index (κ2) is 10.5. The van der Waals surface area contributed by atoms with Gasteiger partial charge < -0.3 is 20.1 Å². The van der Waals surface area contributed by atoms with Crippen molar-refractivity contribution in [2.45, 2.75) is 40.2 Å². The Morgan fingerprint density at radius 2 is 1.31 bits per heavy atom. The number of benzene rings is 1. The molecule has 3 rings (SSSR count). The molecular weight excluding hydrogens is 412 g/mol. The van der Waals surface area contributed by atoms with E-state index in [4.69, 9.17) is 9.47 Å². The number of esters is 2. The smallest absolute Gasteiger partial charge is 0.343 e. The van der Waals surface area contributed by atoms with Crippen molar-refractivity contribution in [3.05, 3.63) is 52.8 Å². The van der Waals surface area contributed by atoms with Crippen molar-refractivity contribution in [2.24, 2.45) is 0 Å². The van der Waals surface area contributed by atoms with Crippen LogP contribution in [0.5, 0.6) is 0 Å². The molecule has 0 saturated heterocycles. The van der Waals surface area contributed by atoms with Gasteiger partial charge >= 0.3 is 11.9 Å². The summed E-state index contributed by atoms with van der Waals surface area (Å²) in [5.41, 5.74) is 2.99. The quantitative estimate of drug-likeness (QED) is 0.436. The van der Waals surface area contributed by atoms with Crippen LogP contribution in [0.25, 0.3) is 0 Å². The number of hydrogen-bond donors (Lipinski definition) is 4. The van der Waals surface area contributed by atoms with Crippen molar-refractivity contribution in [3.63, 3.8) is 0 Å². The van der Waals surface area contributed by atoms with Gasteiger partial charge in [-0.15, -0.1) is 0 Å². The van der Waals surface area contributed by atoms with E-state index in [2.05, 4.69) is 31.0 Å². The third-order valence-corrected chi connectivity index (χ3v) is 4.20. The molecule has 0 spiro atoms. The van der Waals surface area contributed by atoms with Crippen molar-refractivity contribution >= 4 is 29.3 Å². The Morgan fingerprint density at radius 3 is 1.78 bits per heavy atom. The number of para-hydroxylation sites is 1. The predicted octanol–water partition coefficient (Wildman–Crippen LogP) is 3.96. The van der Waals surface area contributed by atoms with Crippen LogP contribution in [-0.2, 0) is 9.47 Å². The fraction of sp³-hybridized carbons (Fsp3) is 0.364. The second-order valence-corrected chi connectivity index (χ2v) is 7.99. The lowest BCUT2D eigenvalue weighted by molar-refractivity contribution is 0.0592. The monoisotopic (exact) mass is 442 g/mol. The number of aromatic nitrogens is 4. The molecule has 10 heteroatoms. The van der Waals surface area contributed by atoms with Crippen LogP contribution in [0.4, 0.5) is 17.3 Å². The van der Waals surface area contributed by atoms with Crippen LogP contribution in [0.1, 0.15) is 52.9 Å². The maximum absolute atomic E-state index is 11.6. The highest BCUT2D eigenvalue weighted by Gasteiger charge is 2.22. The summed E-state index contributed by atoms with van der Waals surface area (Å²) in [6, 6.07) is 9.51. The second-order valence-electron chi connectivity index (χ2n) is 7.99. The van der Waals surface area contributed by atoms with E-state index < -0.39 is 5.97 Å². The van der Waals surface area contributed by atoms with Crippen LogP contribution in [0, 0.1) is 13.8 Å². The highest BCUT2D eigenvalue weighted by molar-refractivity contribution is 5.97. The number of H-pyrrole nitrogens is 2. The van der Waals surface area contributed by atoms with Crippen LogP contribution in [0.2, 0.25) is 0 Å². The number of ether oxygens (including phenoxy) is 2. The van der Waals surface area contributed by atoms with Crippen molar-refractivity contribution in [2.75, 3.05) is 24.9 Å². The van der Waals surface area contributed by atoms with Gasteiger partial charge in [-0.05, 0) is 46.8 Å². The largest absolute Gasteiger partial charge is 0.465 e. The molecule has 0 saturated carbocycles. The molecule has 1 aromatic carbocycles. The molecule has 0 radical (unpaired) electrons. The van der Waals surface area contributed by atoms with Gasteiger partial charge in [0.1, 0.15) is 11.1 Å². The third kappa shape index (κ3) is 6.34. The fourth-order valence-corrected chi connectivity index (χ4v) is 2.76. The van der Waals surface area contributed by atoms with E-state index in [1.54, 1.807) is 13.8 Å². The number of methoxy groups -OCH3 is 2. The average molecular weight is 443 g/mol. The Bertz CT molecular complexity index is 1050.